The van der Waals surface area contributed by atoms with Crippen molar-refractivity contribution in [3.05, 3.63) is 206 Å². The van der Waals surface area contributed by atoms with E-state index in [2.05, 4.69) is 144 Å². The molecule has 0 fully saturated rings. The first-order valence-electron chi connectivity index (χ1n) is 21.8. The van der Waals surface area contributed by atoms with E-state index in [0.29, 0.717) is 17.5 Å². The maximum atomic E-state index is 6.80. The van der Waals surface area contributed by atoms with E-state index in [1.54, 1.807) is 0 Å². The second kappa shape index (κ2) is 13.8. The van der Waals surface area contributed by atoms with Crippen LogP contribution < -0.4 is 0 Å². The molecule has 0 spiro atoms. The van der Waals surface area contributed by atoms with Gasteiger partial charge in [-0.15, -0.1) is 0 Å². The summed E-state index contributed by atoms with van der Waals surface area (Å²) in [5, 5.41) is 11.0. The second-order valence-corrected chi connectivity index (χ2v) is 16.7. The number of nitrogens with zero attached hydrogens (tertiary/aromatic N) is 4. The lowest BCUT2D eigenvalue weighted by Gasteiger charge is -2.18. The minimum Gasteiger partial charge on any atom is -0.456 e. The van der Waals surface area contributed by atoms with Gasteiger partial charge in [-0.25, -0.2) is 15.0 Å². The van der Waals surface area contributed by atoms with Gasteiger partial charge in [0, 0.05) is 60.0 Å². The summed E-state index contributed by atoms with van der Waals surface area (Å²) in [6.07, 6.45) is 0. The zero-order chi connectivity index (χ0) is 42.6. The molecular formula is C59H34N4O2. The van der Waals surface area contributed by atoms with Crippen LogP contribution in [0.3, 0.4) is 0 Å². The average Bonchev–Trinajstić information content (AvgIpc) is 4.05. The predicted octanol–water partition coefficient (Wildman–Crippen LogP) is 15.7. The fraction of sp³-hybridized carbons (Fsp3) is 0. The summed E-state index contributed by atoms with van der Waals surface area (Å²) in [5.41, 5.74) is 11.3. The van der Waals surface area contributed by atoms with Crippen molar-refractivity contribution in [2.75, 3.05) is 0 Å². The molecule has 0 saturated heterocycles. The van der Waals surface area contributed by atoms with E-state index in [4.69, 9.17) is 23.8 Å². The number of aromatic nitrogens is 4. The smallest absolute Gasteiger partial charge is 0.164 e. The zero-order valence-electron chi connectivity index (χ0n) is 34.7. The van der Waals surface area contributed by atoms with E-state index >= 15 is 0 Å². The monoisotopic (exact) mass is 830 g/mol. The highest BCUT2D eigenvalue weighted by Gasteiger charge is 2.24. The van der Waals surface area contributed by atoms with Crippen LogP contribution in [-0.4, -0.2) is 19.5 Å². The van der Waals surface area contributed by atoms with Gasteiger partial charge in [-0.1, -0.05) is 146 Å². The Labute approximate surface area is 371 Å². The third-order valence-electron chi connectivity index (χ3n) is 13.0. The number of hydrogen-bond acceptors (Lipinski definition) is 5. The van der Waals surface area contributed by atoms with Crippen molar-refractivity contribution < 1.29 is 8.83 Å². The number of rotatable bonds is 5. The second-order valence-electron chi connectivity index (χ2n) is 16.7. The minimum atomic E-state index is 0.564. The van der Waals surface area contributed by atoms with Crippen molar-refractivity contribution >= 4 is 87.2 Å². The molecule has 10 aromatic carbocycles. The lowest BCUT2D eigenvalue weighted by atomic mass is 9.93. The summed E-state index contributed by atoms with van der Waals surface area (Å²) < 4.78 is 15.6. The van der Waals surface area contributed by atoms with Crippen molar-refractivity contribution in [1.82, 2.24) is 19.5 Å². The standard InChI is InChI=1S/C59H34N4O2/c1-2-15-35(16-3-1)57-60-58(62-59(61-57)44-24-14-28-53-54(44)42-22-9-12-26-51(42)64-53)39-29-30-49(63-48-25-11-8-21-41(48)45-31-36-17-4-5-18-37(36)34-50(45)63)46(33-39)47-32-38-19-6-7-20-40(38)56-55(47)43-23-10-13-27-52(43)65-56/h1-34H. The maximum absolute atomic E-state index is 6.80. The lowest BCUT2D eigenvalue weighted by Crippen LogP contribution is -2.02. The van der Waals surface area contributed by atoms with Crippen LogP contribution in [0.5, 0.6) is 0 Å². The van der Waals surface area contributed by atoms with Gasteiger partial charge in [0.05, 0.1) is 16.7 Å². The molecule has 0 saturated carbocycles. The Kier molecular flexibility index (Phi) is 7.59. The summed E-state index contributed by atoms with van der Waals surface area (Å²) in [4.78, 5) is 15.8. The molecule has 0 aliphatic carbocycles. The largest absolute Gasteiger partial charge is 0.456 e. The Morgan fingerprint density at radius 3 is 1.75 bits per heavy atom. The quantitative estimate of drug-likeness (QED) is 0.173. The van der Waals surface area contributed by atoms with Crippen molar-refractivity contribution in [3.8, 4) is 51.0 Å². The van der Waals surface area contributed by atoms with Crippen LogP contribution in [0.2, 0.25) is 0 Å². The summed E-state index contributed by atoms with van der Waals surface area (Å²) >= 11 is 0. The van der Waals surface area contributed by atoms with Crippen LogP contribution in [0.4, 0.5) is 0 Å². The minimum absolute atomic E-state index is 0.564. The Bertz CT molecular complexity index is 4250. The fourth-order valence-electron chi connectivity index (χ4n) is 10.1. The Balaban J connectivity index is 1.10. The van der Waals surface area contributed by atoms with Crippen LogP contribution in [-0.2, 0) is 0 Å². The van der Waals surface area contributed by atoms with E-state index in [9.17, 15) is 0 Å². The highest BCUT2D eigenvalue weighted by molar-refractivity contribution is 6.22. The summed E-state index contributed by atoms with van der Waals surface area (Å²) in [5.74, 6) is 1.72. The predicted molar refractivity (Wildman–Crippen MR) is 265 cm³/mol. The van der Waals surface area contributed by atoms with E-state index < -0.39 is 0 Å². The van der Waals surface area contributed by atoms with Crippen LogP contribution in [0.15, 0.2) is 215 Å². The van der Waals surface area contributed by atoms with Crippen LogP contribution in [0.1, 0.15) is 0 Å². The number of furan rings is 2. The first-order valence-corrected chi connectivity index (χ1v) is 21.8. The van der Waals surface area contributed by atoms with Crippen LogP contribution in [0.25, 0.3) is 138 Å². The van der Waals surface area contributed by atoms with Gasteiger partial charge in [0.25, 0.3) is 0 Å². The molecule has 0 unspecified atom stereocenters. The van der Waals surface area contributed by atoms with Crippen molar-refractivity contribution in [2.24, 2.45) is 0 Å². The van der Waals surface area contributed by atoms with E-state index in [1.807, 2.05) is 66.7 Å². The Morgan fingerprint density at radius 2 is 0.938 bits per heavy atom. The van der Waals surface area contributed by atoms with Crippen molar-refractivity contribution in [1.29, 1.82) is 0 Å². The molecule has 6 heteroatoms. The van der Waals surface area contributed by atoms with Crippen molar-refractivity contribution in [3.63, 3.8) is 0 Å². The molecule has 0 atom stereocenters. The average molecular weight is 831 g/mol. The Morgan fingerprint density at radius 1 is 0.323 bits per heavy atom. The molecule has 4 heterocycles. The lowest BCUT2D eigenvalue weighted by molar-refractivity contribution is 0.669. The zero-order valence-corrected chi connectivity index (χ0v) is 34.7. The Hall–Kier alpha value is -8.87. The molecule has 14 aromatic rings. The van der Waals surface area contributed by atoms with Gasteiger partial charge in [-0.05, 0) is 82.4 Å². The molecule has 0 amide bonds. The number of para-hydroxylation sites is 3. The third kappa shape index (κ3) is 5.44. The van der Waals surface area contributed by atoms with Gasteiger partial charge in [0.15, 0.2) is 17.5 Å². The van der Waals surface area contributed by atoms with Gasteiger partial charge >= 0.3 is 0 Å². The number of benzene rings is 10. The molecule has 0 aliphatic heterocycles. The molecule has 0 N–H and O–H groups in total. The third-order valence-corrected chi connectivity index (χ3v) is 13.0. The first kappa shape index (κ1) is 35.7. The van der Waals surface area contributed by atoms with Crippen molar-refractivity contribution in [2.45, 2.75) is 0 Å². The van der Waals surface area contributed by atoms with E-state index in [1.165, 1.54) is 21.5 Å². The van der Waals surface area contributed by atoms with Gasteiger partial charge < -0.3 is 13.4 Å². The van der Waals surface area contributed by atoms with E-state index in [0.717, 1.165) is 99.2 Å². The van der Waals surface area contributed by atoms with Gasteiger partial charge in [-0.2, -0.15) is 0 Å². The highest BCUT2D eigenvalue weighted by Crippen LogP contribution is 2.46. The topological polar surface area (TPSA) is 69.9 Å². The molecule has 4 aromatic heterocycles. The van der Waals surface area contributed by atoms with Crippen LogP contribution >= 0.6 is 0 Å². The molecular weight excluding hydrogens is 797 g/mol. The molecule has 0 bridgehead atoms. The molecule has 0 radical (unpaired) electrons. The van der Waals surface area contributed by atoms with Gasteiger partial charge in [0.2, 0.25) is 0 Å². The molecule has 65 heavy (non-hydrogen) atoms. The summed E-state index contributed by atoms with van der Waals surface area (Å²) in [6, 6.07) is 72.2. The normalized spacial score (nSPS) is 12.0. The summed E-state index contributed by atoms with van der Waals surface area (Å²) in [7, 11) is 0. The molecule has 6 nitrogen and oxygen atoms in total. The SMILES string of the molecule is c1ccc(-c2nc(-c3ccc(-n4c5ccccc5c5cc6ccccc6cc54)c(-c4cc5ccccc5c5oc6ccccc6c45)c3)nc(-c3cccc4oc5ccccc5c34)n2)cc1. The number of hydrogen-bond donors (Lipinski definition) is 0. The van der Waals surface area contributed by atoms with Gasteiger partial charge in [0.1, 0.15) is 22.3 Å². The highest BCUT2D eigenvalue weighted by atomic mass is 16.3. The summed E-state index contributed by atoms with van der Waals surface area (Å²) in [6.45, 7) is 0. The number of fused-ring (bicyclic) bond motifs is 12. The first-order chi connectivity index (χ1) is 32.2. The van der Waals surface area contributed by atoms with Gasteiger partial charge in [-0.3, -0.25) is 0 Å². The molecule has 14 rings (SSSR count). The van der Waals surface area contributed by atoms with Crippen LogP contribution in [0, 0.1) is 0 Å². The maximum Gasteiger partial charge on any atom is 0.164 e. The fourth-order valence-corrected chi connectivity index (χ4v) is 10.1. The van der Waals surface area contributed by atoms with E-state index in [-0.39, 0.29) is 0 Å². The molecule has 0 aliphatic rings. The molecule has 302 valence electrons.